The molecule has 6 unspecified atom stereocenters. The summed E-state index contributed by atoms with van der Waals surface area (Å²) < 4.78 is 5.50. The third-order valence-corrected chi connectivity index (χ3v) is 9.81. The van der Waals surface area contributed by atoms with Crippen molar-refractivity contribution in [3.63, 3.8) is 0 Å². The topological polar surface area (TPSA) is 46.6 Å². The standard InChI is InChI=1S/C21H30O3.C6H12Cl3N.ClH/c1-13(22)24-15-8-10-20(2)14(12-15)4-5-16-17-6-7-19(23)21(17,3)11-9-18(16)20;7-1-4-10(5-2-8)6-3-9;/h4,15-18H,5-12H2,1-3H3;1-6H2;1H. The third-order valence-electron chi connectivity index (χ3n) is 9.30. The van der Waals surface area contributed by atoms with Crippen molar-refractivity contribution in [2.24, 2.45) is 28.6 Å². The first-order valence-corrected chi connectivity index (χ1v) is 14.6. The molecule has 0 aliphatic heterocycles. The predicted molar refractivity (Wildman–Crippen MR) is 148 cm³/mol. The van der Waals surface area contributed by atoms with Crippen molar-refractivity contribution in [1.29, 1.82) is 0 Å². The second kappa shape index (κ2) is 13.7. The summed E-state index contributed by atoms with van der Waals surface area (Å²) in [6, 6.07) is 0. The van der Waals surface area contributed by atoms with Crippen LogP contribution in [-0.4, -0.2) is 60.0 Å². The number of carbonyl (C=O) groups excluding carboxylic acids is 2. The molecule has 0 aromatic heterocycles. The van der Waals surface area contributed by atoms with Gasteiger partial charge in [-0.2, -0.15) is 0 Å². The molecule has 4 rings (SSSR count). The Kier molecular flexibility index (Phi) is 12.2. The molecule has 0 aromatic rings. The Morgan fingerprint density at radius 3 is 2.14 bits per heavy atom. The lowest BCUT2D eigenvalue weighted by atomic mass is 9.48. The average Bonchev–Trinajstić information content (AvgIpc) is 3.09. The number of alkyl halides is 3. The second-order valence-electron chi connectivity index (χ2n) is 11.1. The molecule has 3 saturated carbocycles. The van der Waals surface area contributed by atoms with E-state index < -0.39 is 0 Å². The smallest absolute Gasteiger partial charge is 0.302 e. The Balaban J connectivity index is 0.000000338. The van der Waals surface area contributed by atoms with Gasteiger partial charge in [0.2, 0.25) is 0 Å². The maximum absolute atomic E-state index is 12.4. The van der Waals surface area contributed by atoms with E-state index in [4.69, 9.17) is 39.5 Å². The van der Waals surface area contributed by atoms with Gasteiger partial charge in [-0.05, 0) is 61.7 Å². The molecule has 0 amide bonds. The van der Waals surface area contributed by atoms with Crippen LogP contribution in [0.15, 0.2) is 11.6 Å². The molecule has 4 aliphatic rings. The lowest BCUT2D eigenvalue weighted by Gasteiger charge is -2.56. The molecule has 0 spiro atoms. The van der Waals surface area contributed by atoms with Gasteiger partial charge in [-0.1, -0.05) is 25.5 Å². The first-order chi connectivity index (χ1) is 16.2. The van der Waals surface area contributed by atoms with E-state index in [1.165, 1.54) is 18.9 Å². The molecular formula is C27H43Cl4NO3. The number of Topliss-reactive ketones (excluding diaryl/α,β-unsaturated/α-hetero) is 1. The molecule has 0 aromatic carbocycles. The van der Waals surface area contributed by atoms with Gasteiger partial charge in [0.1, 0.15) is 11.9 Å². The van der Waals surface area contributed by atoms with Crippen LogP contribution < -0.4 is 0 Å². The number of ketones is 1. The van der Waals surface area contributed by atoms with Crippen molar-refractivity contribution in [2.45, 2.75) is 78.2 Å². The van der Waals surface area contributed by atoms with Crippen molar-refractivity contribution in [1.82, 2.24) is 4.90 Å². The minimum Gasteiger partial charge on any atom is -0.462 e. The number of allylic oxidation sites excluding steroid dienone is 1. The minimum atomic E-state index is -0.157. The quantitative estimate of drug-likeness (QED) is 0.190. The molecule has 0 heterocycles. The normalized spacial score (nSPS) is 35.5. The fourth-order valence-electron chi connectivity index (χ4n) is 7.43. The number of nitrogens with zero attached hydrogens (tertiary/aromatic N) is 1. The molecule has 6 atom stereocenters. The van der Waals surface area contributed by atoms with E-state index in [0.29, 0.717) is 41.2 Å². The molecule has 202 valence electrons. The number of carbonyl (C=O) groups is 2. The monoisotopic (exact) mass is 569 g/mol. The summed E-state index contributed by atoms with van der Waals surface area (Å²) >= 11 is 16.6. The van der Waals surface area contributed by atoms with Gasteiger partial charge in [-0.25, -0.2) is 0 Å². The van der Waals surface area contributed by atoms with Crippen LogP contribution in [0.2, 0.25) is 0 Å². The molecule has 8 heteroatoms. The molecule has 0 bridgehead atoms. The number of rotatable bonds is 7. The van der Waals surface area contributed by atoms with Crippen LogP contribution in [0.5, 0.6) is 0 Å². The summed E-state index contributed by atoms with van der Waals surface area (Å²) in [4.78, 5) is 25.9. The largest absolute Gasteiger partial charge is 0.462 e. The number of hydrogen-bond acceptors (Lipinski definition) is 4. The van der Waals surface area contributed by atoms with E-state index in [0.717, 1.165) is 64.6 Å². The average molecular weight is 571 g/mol. The summed E-state index contributed by atoms with van der Waals surface area (Å²) in [7, 11) is 0. The maximum atomic E-state index is 12.4. The van der Waals surface area contributed by atoms with Crippen LogP contribution >= 0.6 is 47.2 Å². The first-order valence-electron chi connectivity index (χ1n) is 13.0. The molecule has 4 aliphatic carbocycles. The summed E-state index contributed by atoms with van der Waals surface area (Å²) in [5, 5.41) is 0. The Morgan fingerprint density at radius 2 is 1.57 bits per heavy atom. The Morgan fingerprint density at radius 1 is 1.00 bits per heavy atom. The van der Waals surface area contributed by atoms with Gasteiger partial charge < -0.3 is 4.74 Å². The van der Waals surface area contributed by atoms with Crippen LogP contribution in [0, 0.1) is 28.6 Å². The highest BCUT2D eigenvalue weighted by molar-refractivity contribution is 6.18. The zero-order valence-corrected chi connectivity index (χ0v) is 24.6. The van der Waals surface area contributed by atoms with Crippen molar-refractivity contribution in [3.05, 3.63) is 11.6 Å². The van der Waals surface area contributed by atoms with Crippen molar-refractivity contribution in [2.75, 3.05) is 37.3 Å². The highest BCUT2D eigenvalue weighted by Gasteiger charge is 2.58. The van der Waals surface area contributed by atoms with Gasteiger partial charge in [-0.15, -0.1) is 47.2 Å². The van der Waals surface area contributed by atoms with E-state index in [1.54, 1.807) is 0 Å². The van der Waals surface area contributed by atoms with Crippen molar-refractivity contribution in [3.8, 4) is 0 Å². The summed E-state index contributed by atoms with van der Waals surface area (Å²) in [6.45, 7) is 8.82. The van der Waals surface area contributed by atoms with Crippen LogP contribution in [0.3, 0.4) is 0 Å². The summed E-state index contributed by atoms with van der Waals surface area (Å²) in [6.07, 6.45) is 10.8. The van der Waals surface area contributed by atoms with E-state index in [9.17, 15) is 9.59 Å². The Labute approximate surface area is 233 Å². The molecule has 0 radical (unpaired) electrons. The number of esters is 1. The van der Waals surface area contributed by atoms with Crippen LogP contribution in [0.25, 0.3) is 0 Å². The third kappa shape index (κ3) is 6.91. The number of ether oxygens (including phenoxy) is 1. The van der Waals surface area contributed by atoms with Crippen LogP contribution in [0.1, 0.15) is 72.1 Å². The van der Waals surface area contributed by atoms with Crippen LogP contribution in [-0.2, 0) is 14.3 Å². The fraction of sp³-hybridized carbons (Fsp3) is 0.852. The highest BCUT2D eigenvalue weighted by atomic mass is 35.5. The summed E-state index contributed by atoms with van der Waals surface area (Å²) in [5.41, 5.74) is 1.74. The lowest BCUT2D eigenvalue weighted by molar-refractivity contribution is -0.148. The Hall–Kier alpha value is -0.000000000000000111. The zero-order valence-electron chi connectivity index (χ0n) is 21.5. The molecule has 4 nitrogen and oxygen atoms in total. The van der Waals surface area contributed by atoms with E-state index in [1.807, 2.05) is 0 Å². The van der Waals surface area contributed by atoms with E-state index in [2.05, 4.69) is 24.8 Å². The fourth-order valence-corrected chi connectivity index (χ4v) is 8.14. The van der Waals surface area contributed by atoms with Gasteiger partial charge in [0, 0.05) is 62.5 Å². The van der Waals surface area contributed by atoms with Crippen molar-refractivity contribution >= 4 is 59.0 Å². The number of hydrogen-bond donors (Lipinski definition) is 0. The first kappa shape index (κ1) is 31.2. The number of halogens is 4. The van der Waals surface area contributed by atoms with Crippen molar-refractivity contribution < 1.29 is 14.3 Å². The van der Waals surface area contributed by atoms with Crippen LogP contribution in [0.4, 0.5) is 0 Å². The maximum Gasteiger partial charge on any atom is 0.302 e. The molecule has 3 fully saturated rings. The zero-order chi connectivity index (χ0) is 24.9. The molecule has 0 saturated heterocycles. The van der Waals surface area contributed by atoms with E-state index >= 15 is 0 Å². The van der Waals surface area contributed by atoms with E-state index in [-0.39, 0.29) is 35.3 Å². The number of fused-ring (bicyclic) bond motifs is 5. The van der Waals surface area contributed by atoms with Gasteiger partial charge in [0.25, 0.3) is 0 Å². The minimum absolute atomic E-state index is 0. The predicted octanol–water partition coefficient (Wildman–Crippen LogP) is 6.88. The lowest BCUT2D eigenvalue weighted by Crippen LogP contribution is -2.50. The molecule has 35 heavy (non-hydrogen) atoms. The second-order valence-corrected chi connectivity index (χ2v) is 12.2. The van der Waals surface area contributed by atoms with Gasteiger partial charge in [0.05, 0.1) is 0 Å². The Bertz CT molecular complexity index is 748. The SMILES string of the molecule is CC(=O)OC1CCC2(C)C(=CCC3C4CCC(=O)C4(C)CCC32)C1.Cl.ClCCN(CCCl)CCCl. The van der Waals surface area contributed by atoms with Gasteiger partial charge in [-0.3, -0.25) is 14.5 Å². The highest BCUT2D eigenvalue weighted by Crippen LogP contribution is 2.64. The molecular weight excluding hydrogens is 528 g/mol. The van der Waals surface area contributed by atoms with Gasteiger partial charge >= 0.3 is 5.97 Å². The summed E-state index contributed by atoms with van der Waals surface area (Å²) in [5.74, 6) is 4.27. The van der Waals surface area contributed by atoms with Gasteiger partial charge in [0.15, 0.2) is 0 Å². The molecule has 0 N–H and O–H groups in total.